The average Bonchev–Trinajstić information content (AvgIpc) is 2.92. The van der Waals surface area contributed by atoms with Gasteiger partial charge in [0.15, 0.2) is 11.6 Å². The van der Waals surface area contributed by atoms with Crippen molar-refractivity contribution in [2.45, 2.75) is 19.4 Å². The third kappa shape index (κ3) is 2.29. The number of hydrogen-bond acceptors (Lipinski definition) is 3. The molecule has 2 heterocycles. The van der Waals surface area contributed by atoms with Gasteiger partial charge in [-0.25, -0.2) is 8.78 Å². The number of nitrogen functional groups attached to an aromatic ring is 1. The molecule has 1 unspecified atom stereocenters. The molecule has 1 aliphatic heterocycles. The van der Waals surface area contributed by atoms with Gasteiger partial charge in [0.25, 0.3) is 5.91 Å². The van der Waals surface area contributed by atoms with E-state index in [1.807, 2.05) is 18.4 Å². The molecule has 1 aliphatic rings. The molecule has 3 nitrogen and oxygen atoms in total. The van der Waals surface area contributed by atoms with Crippen LogP contribution < -0.4 is 5.73 Å². The molecule has 1 aromatic carbocycles. The lowest BCUT2D eigenvalue weighted by molar-refractivity contribution is 0.0680. The molecular formula is C15H14F2N2OS. The quantitative estimate of drug-likeness (QED) is 0.821. The van der Waals surface area contributed by atoms with E-state index < -0.39 is 11.6 Å². The number of halogens is 2. The lowest BCUT2D eigenvalue weighted by Crippen LogP contribution is -2.38. The molecule has 2 aromatic rings. The molecule has 3 rings (SSSR count). The zero-order chi connectivity index (χ0) is 15.1. The molecule has 6 heteroatoms. The Kier molecular flexibility index (Phi) is 3.41. The highest BCUT2D eigenvalue weighted by molar-refractivity contribution is 7.10. The smallest absolute Gasteiger partial charge is 0.256 e. The Morgan fingerprint density at radius 1 is 1.38 bits per heavy atom. The topological polar surface area (TPSA) is 46.3 Å². The maximum absolute atomic E-state index is 13.4. The molecule has 1 aromatic heterocycles. The van der Waals surface area contributed by atoms with E-state index in [2.05, 4.69) is 0 Å². The van der Waals surface area contributed by atoms with Crippen molar-refractivity contribution in [3.63, 3.8) is 0 Å². The third-order valence-electron chi connectivity index (χ3n) is 3.86. The molecule has 1 amide bonds. The number of carbonyl (C=O) groups is 1. The standard InChI is InChI=1S/C15H14F2N2OS/c1-8-9-3-5-21-14(9)2-4-19(8)15(20)10-6-11(16)12(17)7-13(10)18/h3,5-8H,2,4,18H2,1H3. The molecular weight excluding hydrogens is 294 g/mol. The summed E-state index contributed by atoms with van der Waals surface area (Å²) in [5.74, 6) is -2.47. The van der Waals surface area contributed by atoms with E-state index in [1.54, 1.807) is 16.2 Å². The largest absolute Gasteiger partial charge is 0.398 e. The van der Waals surface area contributed by atoms with E-state index in [0.29, 0.717) is 6.54 Å². The third-order valence-corrected chi connectivity index (χ3v) is 4.86. The van der Waals surface area contributed by atoms with Crippen LogP contribution in [-0.4, -0.2) is 17.4 Å². The molecule has 0 radical (unpaired) electrons. The summed E-state index contributed by atoms with van der Waals surface area (Å²) in [6, 6.07) is 3.63. The van der Waals surface area contributed by atoms with Gasteiger partial charge in [0.05, 0.1) is 11.6 Å². The summed E-state index contributed by atoms with van der Waals surface area (Å²) in [4.78, 5) is 15.5. The molecule has 21 heavy (non-hydrogen) atoms. The Labute approximate surface area is 125 Å². The van der Waals surface area contributed by atoms with Crippen LogP contribution in [0.4, 0.5) is 14.5 Å². The van der Waals surface area contributed by atoms with Crippen molar-refractivity contribution < 1.29 is 13.6 Å². The van der Waals surface area contributed by atoms with Crippen molar-refractivity contribution in [2.24, 2.45) is 0 Å². The first-order valence-electron chi connectivity index (χ1n) is 6.60. The number of carbonyl (C=O) groups excluding carboxylic acids is 1. The predicted molar refractivity (Wildman–Crippen MR) is 78.2 cm³/mol. The predicted octanol–water partition coefficient (Wildman–Crippen LogP) is 3.37. The normalized spacial score (nSPS) is 17.7. The fraction of sp³-hybridized carbons (Fsp3) is 0.267. The van der Waals surface area contributed by atoms with Crippen molar-refractivity contribution >= 4 is 22.9 Å². The van der Waals surface area contributed by atoms with Crippen molar-refractivity contribution in [3.8, 4) is 0 Å². The molecule has 1 atom stereocenters. The van der Waals surface area contributed by atoms with E-state index in [4.69, 9.17) is 5.73 Å². The molecule has 0 saturated heterocycles. The number of amides is 1. The number of thiophene rings is 1. The first-order chi connectivity index (χ1) is 9.99. The summed E-state index contributed by atoms with van der Waals surface area (Å²) >= 11 is 1.67. The van der Waals surface area contributed by atoms with E-state index in [1.165, 1.54) is 4.88 Å². The number of hydrogen-bond donors (Lipinski definition) is 1. The van der Waals surface area contributed by atoms with Crippen molar-refractivity contribution in [2.75, 3.05) is 12.3 Å². The number of nitrogens with zero attached hydrogens (tertiary/aromatic N) is 1. The zero-order valence-corrected chi connectivity index (χ0v) is 12.2. The van der Waals surface area contributed by atoms with Crippen LogP contribution >= 0.6 is 11.3 Å². The first kappa shape index (κ1) is 14.0. The molecule has 0 spiro atoms. The zero-order valence-electron chi connectivity index (χ0n) is 11.4. The van der Waals surface area contributed by atoms with E-state index >= 15 is 0 Å². The maximum atomic E-state index is 13.4. The minimum Gasteiger partial charge on any atom is -0.398 e. The van der Waals surface area contributed by atoms with Gasteiger partial charge in [-0.15, -0.1) is 11.3 Å². The molecule has 2 N–H and O–H groups in total. The van der Waals surface area contributed by atoms with Crippen LogP contribution in [0.2, 0.25) is 0 Å². The average molecular weight is 308 g/mol. The van der Waals surface area contributed by atoms with Crippen molar-refractivity contribution in [3.05, 3.63) is 51.2 Å². The summed E-state index contributed by atoms with van der Waals surface area (Å²) in [5.41, 5.74) is 6.75. The van der Waals surface area contributed by atoms with Crippen LogP contribution in [-0.2, 0) is 6.42 Å². The van der Waals surface area contributed by atoms with E-state index in [-0.39, 0.29) is 23.2 Å². The van der Waals surface area contributed by atoms with Crippen LogP contribution in [0.1, 0.15) is 33.8 Å². The molecule has 0 bridgehead atoms. The second-order valence-electron chi connectivity index (χ2n) is 5.08. The number of nitrogens with two attached hydrogens (primary N) is 1. The molecule has 0 saturated carbocycles. The molecule has 0 aliphatic carbocycles. The van der Waals surface area contributed by atoms with Crippen LogP contribution in [0.3, 0.4) is 0 Å². The van der Waals surface area contributed by atoms with Gasteiger partial charge in [-0.2, -0.15) is 0 Å². The Hall–Kier alpha value is -1.95. The first-order valence-corrected chi connectivity index (χ1v) is 7.48. The highest BCUT2D eigenvalue weighted by atomic mass is 32.1. The second kappa shape index (κ2) is 5.11. The highest BCUT2D eigenvalue weighted by Gasteiger charge is 2.30. The minimum atomic E-state index is -1.06. The fourth-order valence-electron chi connectivity index (χ4n) is 2.69. The van der Waals surface area contributed by atoms with Gasteiger partial charge in [-0.3, -0.25) is 4.79 Å². The number of rotatable bonds is 1. The van der Waals surface area contributed by atoms with Gasteiger partial charge < -0.3 is 10.6 Å². The Balaban J connectivity index is 1.95. The van der Waals surface area contributed by atoms with Crippen LogP contribution in [0.15, 0.2) is 23.6 Å². The van der Waals surface area contributed by atoms with E-state index in [0.717, 1.165) is 24.1 Å². The summed E-state index contributed by atoms with van der Waals surface area (Å²) in [7, 11) is 0. The lowest BCUT2D eigenvalue weighted by Gasteiger charge is -2.34. The maximum Gasteiger partial charge on any atom is 0.256 e. The van der Waals surface area contributed by atoms with Crippen molar-refractivity contribution in [1.29, 1.82) is 0 Å². The van der Waals surface area contributed by atoms with Gasteiger partial charge in [-0.1, -0.05) is 0 Å². The summed E-state index contributed by atoms with van der Waals surface area (Å²) in [6.45, 7) is 2.48. The number of benzene rings is 1. The lowest BCUT2D eigenvalue weighted by atomic mass is 10.00. The van der Waals surface area contributed by atoms with Gasteiger partial charge in [0.1, 0.15) is 0 Å². The summed E-state index contributed by atoms with van der Waals surface area (Å²) < 4.78 is 26.5. The van der Waals surface area contributed by atoms with Crippen LogP contribution in [0, 0.1) is 11.6 Å². The Morgan fingerprint density at radius 3 is 2.86 bits per heavy atom. The van der Waals surface area contributed by atoms with Gasteiger partial charge in [0, 0.05) is 23.2 Å². The minimum absolute atomic E-state index is 0.0134. The Bertz CT molecular complexity index is 714. The molecule has 110 valence electrons. The summed E-state index contributed by atoms with van der Waals surface area (Å²) in [6.07, 6.45) is 0.770. The van der Waals surface area contributed by atoms with Crippen LogP contribution in [0.25, 0.3) is 0 Å². The molecule has 0 fully saturated rings. The Morgan fingerprint density at radius 2 is 2.10 bits per heavy atom. The highest BCUT2D eigenvalue weighted by Crippen LogP contribution is 2.34. The monoisotopic (exact) mass is 308 g/mol. The van der Waals surface area contributed by atoms with Crippen molar-refractivity contribution in [1.82, 2.24) is 4.90 Å². The SMILES string of the molecule is CC1c2ccsc2CCN1C(=O)c1cc(F)c(F)cc1N. The number of fused-ring (bicyclic) bond motifs is 1. The van der Waals surface area contributed by atoms with Gasteiger partial charge >= 0.3 is 0 Å². The van der Waals surface area contributed by atoms with Gasteiger partial charge in [0.2, 0.25) is 0 Å². The van der Waals surface area contributed by atoms with E-state index in [9.17, 15) is 13.6 Å². The number of anilines is 1. The fourth-order valence-corrected chi connectivity index (χ4v) is 3.65. The summed E-state index contributed by atoms with van der Waals surface area (Å²) in [5, 5.41) is 2.00. The van der Waals surface area contributed by atoms with Crippen LogP contribution in [0.5, 0.6) is 0 Å². The van der Waals surface area contributed by atoms with Gasteiger partial charge in [-0.05, 0) is 36.4 Å². The second-order valence-corrected chi connectivity index (χ2v) is 6.08.